The van der Waals surface area contributed by atoms with E-state index in [9.17, 15) is 0 Å². The van der Waals surface area contributed by atoms with Crippen LogP contribution in [0.3, 0.4) is 0 Å². The van der Waals surface area contributed by atoms with Gasteiger partial charge in [0.2, 0.25) is 0 Å². The van der Waals surface area contributed by atoms with Gasteiger partial charge in [-0.15, -0.1) is 0 Å². The summed E-state index contributed by atoms with van der Waals surface area (Å²) in [6.45, 7) is 13.6. The molecule has 0 heterocycles. The van der Waals surface area contributed by atoms with Crippen LogP contribution in [0.1, 0.15) is 52.7 Å². The summed E-state index contributed by atoms with van der Waals surface area (Å²) in [6, 6.07) is 18.4. The minimum Gasteiger partial charge on any atom is -0.269 e. The lowest BCUT2D eigenvalue weighted by atomic mass is 9.87. The molecule has 24 heavy (non-hydrogen) atoms. The molecular formula is C20H29F3I+. The van der Waals surface area contributed by atoms with Crippen LogP contribution in [0.2, 0.25) is 0 Å². The van der Waals surface area contributed by atoms with E-state index in [-0.39, 0.29) is 46.1 Å². The number of benzene rings is 2. The zero-order valence-electron chi connectivity index (χ0n) is 15.2. The highest BCUT2D eigenvalue weighted by atomic mass is 127. The topological polar surface area (TPSA) is 0 Å². The van der Waals surface area contributed by atoms with Crippen LogP contribution in [-0.2, 0) is 10.8 Å². The fourth-order valence-corrected chi connectivity index (χ4v) is 4.31. The van der Waals surface area contributed by atoms with Crippen molar-refractivity contribution in [3.05, 3.63) is 66.8 Å². The fraction of sp³-hybridized carbons (Fsp3) is 0.400. The Hall–Kier alpha value is -1.04. The van der Waals surface area contributed by atoms with E-state index in [1.54, 1.807) is 0 Å². The SMILES string of the molecule is CC(C)(C)c1ccc([I+]c2ccc(C(C)(C)C)cc2)cc1.F.F.F. The first-order valence-corrected chi connectivity index (χ1v) is 9.68. The van der Waals surface area contributed by atoms with Crippen LogP contribution in [0.15, 0.2) is 48.5 Å². The largest absolute Gasteiger partial charge is 0.357 e. The fourth-order valence-electron chi connectivity index (χ4n) is 2.15. The third-order valence-corrected chi connectivity index (χ3v) is 6.32. The molecule has 0 bridgehead atoms. The van der Waals surface area contributed by atoms with Gasteiger partial charge in [-0.05, 0) is 46.2 Å². The first-order valence-electron chi connectivity index (χ1n) is 7.52. The van der Waals surface area contributed by atoms with Crippen LogP contribution in [0.5, 0.6) is 0 Å². The summed E-state index contributed by atoms with van der Waals surface area (Å²) in [6.07, 6.45) is 0. The quantitative estimate of drug-likeness (QED) is 0.614. The number of hydrogen-bond acceptors (Lipinski definition) is 0. The van der Waals surface area contributed by atoms with Gasteiger partial charge in [0.15, 0.2) is 7.14 Å². The van der Waals surface area contributed by atoms with Crippen molar-refractivity contribution in [2.24, 2.45) is 0 Å². The molecule has 0 aliphatic carbocycles. The van der Waals surface area contributed by atoms with Crippen LogP contribution in [0, 0.1) is 7.14 Å². The lowest BCUT2D eigenvalue weighted by molar-refractivity contribution is -0.597. The van der Waals surface area contributed by atoms with Crippen LogP contribution in [0.25, 0.3) is 0 Å². The molecule has 0 saturated heterocycles. The van der Waals surface area contributed by atoms with Crippen molar-refractivity contribution in [2.75, 3.05) is 0 Å². The summed E-state index contributed by atoms with van der Waals surface area (Å²) in [5.41, 5.74) is 3.31. The van der Waals surface area contributed by atoms with Gasteiger partial charge in [0.05, 0.1) is 0 Å². The van der Waals surface area contributed by atoms with Gasteiger partial charge in [0.25, 0.3) is 0 Å². The molecule has 0 spiro atoms. The normalized spacial score (nSPS) is 10.9. The van der Waals surface area contributed by atoms with E-state index in [0.717, 1.165) is 0 Å². The monoisotopic (exact) mass is 453 g/mol. The smallest absolute Gasteiger partial charge is 0.269 e. The van der Waals surface area contributed by atoms with Crippen molar-refractivity contribution in [1.29, 1.82) is 0 Å². The van der Waals surface area contributed by atoms with Gasteiger partial charge in [0.1, 0.15) is 0 Å². The molecule has 2 aromatic rings. The summed E-state index contributed by atoms with van der Waals surface area (Å²) in [5, 5.41) is 0. The first-order chi connectivity index (χ1) is 9.66. The van der Waals surface area contributed by atoms with Crippen LogP contribution in [-0.4, -0.2) is 0 Å². The molecule has 0 saturated carbocycles. The van der Waals surface area contributed by atoms with E-state index in [0.29, 0.717) is 0 Å². The van der Waals surface area contributed by atoms with Gasteiger partial charge >= 0.3 is 21.2 Å². The van der Waals surface area contributed by atoms with Crippen molar-refractivity contribution >= 4 is 0 Å². The molecule has 0 aromatic heterocycles. The Kier molecular flexibility index (Phi) is 9.92. The molecule has 0 nitrogen and oxygen atoms in total. The van der Waals surface area contributed by atoms with Gasteiger partial charge in [-0.3, -0.25) is 14.1 Å². The lowest BCUT2D eigenvalue weighted by Crippen LogP contribution is -3.61. The Labute approximate surface area is 154 Å². The van der Waals surface area contributed by atoms with E-state index in [4.69, 9.17) is 0 Å². The van der Waals surface area contributed by atoms with E-state index < -0.39 is 0 Å². The minimum absolute atomic E-state index is 0. The molecule has 4 heteroatoms. The number of halogens is 4. The second-order valence-electron chi connectivity index (χ2n) is 7.61. The van der Waals surface area contributed by atoms with Crippen LogP contribution in [0.4, 0.5) is 14.1 Å². The van der Waals surface area contributed by atoms with E-state index in [2.05, 4.69) is 90.1 Å². The molecule has 0 aliphatic rings. The van der Waals surface area contributed by atoms with Crippen LogP contribution < -0.4 is 21.2 Å². The van der Waals surface area contributed by atoms with Gasteiger partial charge in [-0.25, -0.2) is 0 Å². The Morgan fingerprint density at radius 1 is 0.500 bits per heavy atom. The Morgan fingerprint density at radius 3 is 0.958 bits per heavy atom. The maximum absolute atomic E-state index is 2.31. The van der Waals surface area contributed by atoms with E-state index in [1.807, 2.05) is 0 Å². The third-order valence-electron chi connectivity index (χ3n) is 3.64. The van der Waals surface area contributed by atoms with E-state index >= 15 is 0 Å². The zero-order valence-corrected chi connectivity index (χ0v) is 17.4. The summed E-state index contributed by atoms with van der Waals surface area (Å²) in [4.78, 5) is 0. The molecule has 0 aliphatic heterocycles. The van der Waals surface area contributed by atoms with Crippen molar-refractivity contribution in [2.45, 2.75) is 52.4 Å². The summed E-state index contributed by atoms with van der Waals surface area (Å²) in [5.74, 6) is 0. The summed E-state index contributed by atoms with van der Waals surface area (Å²) >= 11 is -0.0703. The Bertz CT molecular complexity index is 535. The molecular weight excluding hydrogens is 424 g/mol. The predicted octanol–water partition coefficient (Wildman–Crippen LogP) is 2.87. The lowest BCUT2D eigenvalue weighted by Gasteiger charge is -2.18. The van der Waals surface area contributed by atoms with Gasteiger partial charge in [-0.2, -0.15) is 0 Å². The molecule has 0 atom stereocenters. The molecule has 0 amide bonds. The number of hydrogen-bond donors (Lipinski definition) is 0. The Morgan fingerprint density at radius 2 is 0.750 bits per heavy atom. The molecule has 2 rings (SSSR count). The Balaban J connectivity index is 0. The average Bonchev–Trinajstić information content (AvgIpc) is 2.38. The molecule has 0 N–H and O–H groups in total. The molecule has 0 radical (unpaired) electrons. The summed E-state index contributed by atoms with van der Waals surface area (Å²) < 4.78 is 2.98. The highest BCUT2D eigenvalue weighted by Gasteiger charge is 2.20. The molecule has 2 aromatic carbocycles. The van der Waals surface area contributed by atoms with Crippen molar-refractivity contribution in [1.82, 2.24) is 0 Å². The third kappa shape index (κ3) is 6.83. The molecule has 0 unspecified atom stereocenters. The first kappa shape index (κ1) is 25.2. The summed E-state index contributed by atoms with van der Waals surface area (Å²) in [7, 11) is 0. The second kappa shape index (κ2) is 9.44. The van der Waals surface area contributed by atoms with Gasteiger partial charge < -0.3 is 0 Å². The van der Waals surface area contributed by atoms with E-state index in [1.165, 1.54) is 18.3 Å². The van der Waals surface area contributed by atoms with Gasteiger partial charge in [0, 0.05) is 0 Å². The van der Waals surface area contributed by atoms with Crippen molar-refractivity contribution in [3.8, 4) is 0 Å². The standard InChI is InChI=1S/C20H26I.3FH/c1-19(2,3)15-7-11-17(12-8-15)21-18-13-9-16(10-14-18)20(4,5)6;;;/h7-14H,1-6H3;3*1H/q+1;;;. The maximum atomic E-state index is 2.31. The highest BCUT2D eigenvalue weighted by Crippen LogP contribution is 2.21. The zero-order chi connectivity index (χ0) is 15.7. The molecule has 136 valence electrons. The maximum Gasteiger partial charge on any atom is 0.357 e. The molecule has 0 fully saturated rings. The van der Waals surface area contributed by atoms with Gasteiger partial charge in [-0.1, -0.05) is 65.8 Å². The van der Waals surface area contributed by atoms with Crippen molar-refractivity contribution < 1.29 is 35.3 Å². The predicted molar refractivity (Wildman–Crippen MR) is 95.2 cm³/mol. The average molecular weight is 453 g/mol. The second-order valence-corrected chi connectivity index (χ2v) is 10.6. The highest BCUT2D eigenvalue weighted by molar-refractivity contribution is 5.23. The van der Waals surface area contributed by atoms with Crippen LogP contribution >= 0.6 is 0 Å². The minimum atomic E-state index is -0.0703. The van der Waals surface area contributed by atoms with Crippen molar-refractivity contribution in [3.63, 3.8) is 0 Å². The number of rotatable bonds is 2.